The van der Waals surface area contributed by atoms with Crippen molar-refractivity contribution in [2.45, 2.75) is 32.4 Å². The molecule has 2 aromatic rings. The third-order valence-corrected chi connectivity index (χ3v) is 3.53. The first-order chi connectivity index (χ1) is 10.2. The minimum absolute atomic E-state index is 0.0155. The van der Waals surface area contributed by atoms with Crippen molar-refractivity contribution in [2.24, 2.45) is 0 Å². The summed E-state index contributed by atoms with van der Waals surface area (Å²) in [6, 6.07) is 16.0. The van der Waals surface area contributed by atoms with E-state index in [1.165, 1.54) is 5.56 Å². The second-order valence-electron chi connectivity index (χ2n) is 5.55. The van der Waals surface area contributed by atoms with E-state index in [0.717, 1.165) is 24.2 Å². The Labute approximate surface area is 124 Å². The first-order valence-corrected chi connectivity index (χ1v) is 7.30. The monoisotopic (exact) mass is 281 g/mol. The van der Waals surface area contributed by atoms with Gasteiger partial charge in [0.05, 0.1) is 0 Å². The van der Waals surface area contributed by atoms with Crippen LogP contribution < -0.4 is 10.1 Å². The molecule has 1 aliphatic carbocycles. The summed E-state index contributed by atoms with van der Waals surface area (Å²) in [5.41, 5.74) is 3.01. The molecule has 21 heavy (non-hydrogen) atoms. The number of carbonyl (C=O) groups excluding carboxylic acids is 1. The number of amides is 1. The number of carbonyl (C=O) groups is 1. The van der Waals surface area contributed by atoms with Gasteiger partial charge in [-0.15, -0.1) is 0 Å². The summed E-state index contributed by atoms with van der Waals surface area (Å²) >= 11 is 0. The number of ether oxygens (including phenoxy) is 1. The maximum Gasteiger partial charge on any atom is 0.251 e. The average molecular weight is 281 g/mol. The van der Waals surface area contributed by atoms with Gasteiger partial charge in [0.25, 0.3) is 5.91 Å². The van der Waals surface area contributed by atoms with E-state index in [2.05, 4.69) is 36.5 Å². The Balaban J connectivity index is 1.62. The molecule has 0 heterocycles. The van der Waals surface area contributed by atoms with Gasteiger partial charge in [0.15, 0.2) is 0 Å². The van der Waals surface area contributed by atoms with E-state index in [0.29, 0.717) is 18.2 Å². The number of hydrogen-bond donors (Lipinski definition) is 1. The maximum absolute atomic E-state index is 12.0. The molecule has 0 unspecified atom stereocenters. The predicted octanol–water partition coefficient (Wildman–Crippen LogP) is 3.47. The highest BCUT2D eigenvalue weighted by Crippen LogP contribution is 2.20. The summed E-state index contributed by atoms with van der Waals surface area (Å²) in [6.45, 7) is 2.57. The third kappa shape index (κ3) is 3.85. The normalized spacial score (nSPS) is 13.8. The van der Waals surface area contributed by atoms with E-state index in [-0.39, 0.29) is 5.91 Å². The van der Waals surface area contributed by atoms with Crippen molar-refractivity contribution in [3.63, 3.8) is 0 Å². The second-order valence-corrected chi connectivity index (χ2v) is 5.55. The van der Waals surface area contributed by atoms with Crippen molar-refractivity contribution in [1.82, 2.24) is 5.32 Å². The Kier molecular flexibility index (Phi) is 3.91. The van der Waals surface area contributed by atoms with Gasteiger partial charge < -0.3 is 10.1 Å². The lowest BCUT2D eigenvalue weighted by molar-refractivity contribution is 0.0950. The lowest BCUT2D eigenvalue weighted by Gasteiger charge is -2.09. The fourth-order valence-electron chi connectivity index (χ4n) is 2.07. The zero-order valence-corrected chi connectivity index (χ0v) is 12.1. The van der Waals surface area contributed by atoms with Gasteiger partial charge in [0.2, 0.25) is 0 Å². The van der Waals surface area contributed by atoms with E-state index < -0.39 is 0 Å². The van der Waals surface area contributed by atoms with Crippen molar-refractivity contribution in [3.8, 4) is 5.75 Å². The molecule has 1 amide bonds. The van der Waals surface area contributed by atoms with Gasteiger partial charge in [-0.1, -0.05) is 35.9 Å². The molecule has 3 nitrogen and oxygen atoms in total. The average Bonchev–Trinajstić information content (AvgIpc) is 3.31. The van der Waals surface area contributed by atoms with Crippen molar-refractivity contribution in [3.05, 3.63) is 65.2 Å². The quantitative estimate of drug-likeness (QED) is 0.911. The smallest absolute Gasteiger partial charge is 0.251 e. The Bertz CT molecular complexity index is 630. The molecule has 2 aromatic carbocycles. The van der Waals surface area contributed by atoms with Crippen LogP contribution in [0.1, 0.15) is 34.3 Å². The molecule has 0 radical (unpaired) electrons. The number of benzene rings is 2. The van der Waals surface area contributed by atoms with E-state index in [9.17, 15) is 4.79 Å². The fraction of sp³-hybridized carbons (Fsp3) is 0.278. The highest BCUT2D eigenvalue weighted by molar-refractivity contribution is 5.94. The minimum Gasteiger partial charge on any atom is -0.489 e. The molecule has 0 saturated heterocycles. The Hall–Kier alpha value is -2.29. The van der Waals surface area contributed by atoms with Crippen molar-refractivity contribution >= 4 is 5.91 Å². The molecule has 1 saturated carbocycles. The van der Waals surface area contributed by atoms with Gasteiger partial charge in [-0.2, -0.15) is 0 Å². The Morgan fingerprint density at radius 2 is 1.95 bits per heavy atom. The third-order valence-electron chi connectivity index (χ3n) is 3.53. The summed E-state index contributed by atoms with van der Waals surface area (Å²) in [5, 5.41) is 2.98. The molecule has 3 rings (SSSR count). The summed E-state index contributed by atoms with van der Waals surface area (Å²) in [5.74, 6) is 0.706. The van der Waals surface area contributed by atoms with Crippen molar-refractivity contribution in [2.75, 3.05) is 0 Å². The summed E-state index contributed by atoms with van der Waals surface area (Å²) in [7, 11) is 0. The first kappa shape index (κ1) is 13.7. The van der Waals surface area contributed by atoms with Crippen LogP contribution in [0.3, 0.4) is 0 Å². The first-order valence-electron chi connectivity index (χ1n) is 7.30. The molecule has 1 N–H and O–H groups in total. The summed E-state index contributed by atoms with van der Waals surface area (Å²) < 4.78 is 5.76. The fourth-order valence-corrected chi connectivity index (χ4v) is 2.07. The largest absolute Gasteiger partial charge is 0.489 e. The van der Waals surface area contributed by atoms with Gasteiger partial charge >= 0.3 is 0 Å². The molecular formula is C18H19NO2. The molecule has 3 heteroatoms. The molecular weight excluding hydrogens is 262 g/mol. The second kappa shape index (κ2) is 6.00. The standard InChI is InChI=1S/C18H19NO2/c1-13-5-7-14(8-6-13)12-21-17-4-2-3-15(11-17)18(20)19-16-9-10-16/h2-8,11,16H,9-10,12H2,1H3,(H,19,20). The highest BCUT2D eigenvalue weighted by atomic mass is 16.5. The van der Waals surface area contributed by atoms with E-state index in [4.69, 9.17) is 4.74 Å². The Morgan fingerprint density at radius 1 is 1.19 bits per heavy atom. The number of rotatable bonds is 5. The summed E-state index contributed by atoms with van der Waals surface area (Å²) in [4.78, 5) is 12.0. The zero-order valence-electron chi connectivity index (χ0n) is 12.1. The van der Waals surface area contributed by atoms with E-state index in [1.54, 1.807) is 6.07 Å². The molecule has 1 aliphatic rings. The number of aryl methyl sites for hydroxylation is 1. The summed E-state index contributed by atoms with van der Waals surface area (Å²) in [6.07, 6.45) is 2.19. The molecule has 0 bridgehead atoms. The van der Waals surface area contributed by atoms with Crippen LogP contribution in [0.2, 0.25) is 0 Å². The van der Waals surface area contributed by atoms with Gasteiger partial charge in [-0.05, 0) is 43.5 Å². The van der Waals surface area contributed by atoms with E-state index >= 15 is 0 Å². The predicted molar refractivity (Wildman–Crippen MR) is 82.4 cm³/mol. The van der Waals surface area contributed by atoms with Gasteiger partial charge in [0.1, 0.15) is 12.4 Å². The molecule has 0 atom stereocenters. The van der Waals surface area contributed by atoms with Gasteiger partial charge in [0, 0.05) is 11.6 Å². The van der Waals surface area contributed by atoms with Gasteiger partial charge in [-0.3, -0.25) is 4.79 Å². The molecule has 108 valence electrons. The lowest BCUT2D eigenvalue weighted by Crippen LogP contribution is -2.25. The Morgan fingerprint density at radius 3 is 2.67 bits per heavy atom. The maximum atomic E-state index is 12.0. The zero-order chi connectivity index (χ0) is 14.7. The van der Waals surface area contributed by atoms with Crippen LogP contribution >= 0.6 is 0 Å². The van der Waals surface area contributed by atoms with Crippen LogP contribution in [0.4, 0.5) is 0 Å². The van der Waals surface area contributed by atoms with Crippen molar-refractivity contribution < 1.29 is 9.53 Å². The number of nitrogens with one attached hydrogen (secondary N) is 1. The minimum atomic E-state index is -0.0155. The highest BCUT2D eigenvalue weighted by Gasteiger charge is 2.23. The van der Waals surface area contributed by atoms with Crippen LogP contribution in [0.5, 0.6) is 5.75 Å². The SMILES string of the molecule is Cc1ccc(COc2cccc(C(=O)NC3CC3)c2)cc1. The molecule has 0 spiro atoms. The van der Waals surface area contributed by atoms with Gasteiger partial charge in [-0.25, -0.2) is 0 Å². The lowest BCUT2D eigenvalue weighted by atomic mass is 10.1. The molecule has 1 fully saturated rings. The topological polar surface area (TPSA) is 38.3 Å². The number of hydrogen-bond acceptors (Lipinski definition) is 2. The molecule has 0 aliphatic heterocycles. The van der Waals surface area contributed by atoms with Crippen LogP contribution in [0.15, 0.2) is 48.5 Å². The van der Waals surface area contributed by atoms with E-state index in [1.807, 2.05) is 18.2 Å². The van der Waals surface area contributed by atoms with Crippen LogP contribution in [-0.2, 0) is 6.61 Å². The van der Waals surface area contributed by atoms with Crippen LogP contribution in [0.25, 0.3) is 0 Å². The van der Waals surface area contributed by atoms with Crippen molar-refractivity contribution in [1.29, 1.82) is 0 Å². The molecule has 0 aromatic heterocycles. The van der Waals surface area contributed by atoms with Crippen LogP contribution in [0, 0.1) is 6.92 Å². The van der Waals surface area contributed by atoms with Crippen LogP contribution in [-0.4, -0.2) is 11.9 Å².